The Kier molecular flexibility index (Phi) is 4.03. The molecule has 1 heteroatoms. The van der Waals surface area contributed by atoms with Gasteiger partial charge in [0, 0.05) is 6.04 Å². The maximum atomic E-state index is 3.77. The van der Waals surface area contributed by atoms with Gasteiger partial charge in [0.15, 0.2) is 0 Å². The van der Waals surface area contributed by atoms with Gasteiger partial charge in [0.25, 0.3) is 0 Å². The van der Waals surface area contributed by atoms with E-state index in [9.17, 15) is 0 Å². The molecule has 1 aromatic rings. The highest BCUT2D eigenvalue weighted by Crippen LogP contribution is 2.40. The summed E-state index contributed by atoms with van der Waals surface area (Å²) >= 11 is 0. The molecular formula is C20H29N. The summed E-state index contributed by atoms with van der Waals surface area (Å²) in [6.07, 6.45) is 12.8. The van der Waals surface area contributed by atoms with Crippen LogP contribution in [0.15, 0.2) is 24.3 Å². The summed E-state index contributed by atoms with van der Waals surface area (Å²) in [5, 5.41) is 3.77. The molecule has 0 aromatic heterocycles. The number of hydrogen-bond donors (Lipinski definition) is 1. The van der Waals surface area contributed by atoms with E-state index in [-0.39, 0.29) is 0 Å². The number of rotatable bonds is 5. The molecule has 3 fully saturated rings. The van der Waals surface area contributed by atoms with E-state index in [1.807, 2.05) is 0 Å². The Labute approximate surface area is 129 Å². The van der Waals surface area contributed by atoms with E-state index in [0.29, 0.717) is 0 Å². The monoisotopic (exact) mass is 283 g/mol. The minimum absolute atomic E-state index is 0.806. The highest BCUT2D eigenvalue weighted by molar-refractivity contribution is 5.29. The molecule has 0 saturated heterocycles. The van der Waals surface area contributed by atoms with Gasteiger partial charge in [-0.15, -0.1) is 0 Å². The first-order valence-electron chi connectivity index (χ1n) is 9.23. The van der Waals surface area contributed by atoms with Crippen molar-refractivity contribution >= 4 is 0 Å². The molecular weight excluding hydrogens is 254 g/mol. The van der Waals surface area contributed by atoms with E-state index >= 15 is 0 Å². The van der Waals surface area contributed by atoms with Crippen molar-refractivity contribution in [2.45, 2.75) is 75.7 Å². The Morgan fingerprint density at radius 1 is 0.762 bits per heavy atom. The molecule has 1 aromatic carbocycles. The standard InChI is InChI=1S/C20H29N/c1-2-7-20(18(4-1)14-21-19-12-13-19)17-10-8-16(9-11-17)15-5-3-6-15/h8-11,15,18-21H,1-7,12-14H2. The molecule has 1 N–H and O–H groups in total. The topological polar surface area (TPSA) is 12.0 Å². The third-order valence-electron chi connectivity index (χ3n) is 6.10. The van der Waals surface area contributed by atoms with E-state index in [1.165, 1.54) is 64.3 Å². The largest absolute Gasteiger partial charge is 0.314 e. The minimum atomic E-state index is 0.806. The van der Waals surface area contributed by atoms with Crippen LogP contribution in [0.1, 0.15) is 80.8 Å². The first-order chi connectivity index (χ1) is 10.4. The van der Waals surface area contributed by atoms with Crippen molar-refractivity contribution in [2.75, 3.05) is 6.54 Å². The van der Waals surface area contributed by atoms with Crippen molar-refractivity contribution < 1.29 is 0 Å². The van der Waals surface area contributed by atoms with E-state index in [0.717, 1.165) is 23.8 Å². The van der Waals surface area contributed by atoms with Crippen LogP contribution in [0.5, 0.6) is 0 Å². The van der Waals surface area contributed by atoms with E-state index in [2.05, 4.69) is 29.6 Å². The number of nitrogens with one attached hydrogen (secondary N) is 1. The fourth-order valence-corrected chi connectivity index (χ4v) is 4.25. The van der Waals surface area contributed by atoms with Gasteiger partial charge in [-0.1, -0.05) is 43.5 Å². The fourth-order valence-electron chi connectivity index (χ4n) is 4.25. The molecule has 2 atom stereocenters. The molecule has 3 aliphatic rings. The van der Waals surface area contributed by atoms with Gasteiger partial charge in [-0.25, -0.2) is 0 Å². The molecule has 4 rings (SSSR count). The van der Waals surface area contributed by atoms with Gasteiger partial charge in [-0.3, -0.25) is 0 Å². The van der Waals surface area contributed by atoms with Crippen molar-refractivity contribution in [3.8, 4) is 0 Å². The first kappa shape index (κ1) is 13.8. The van der Waals surface area contributed by atoms with Crippen molar-refractivity contribution in [3.05, 3.63) is 35.4 Å². The molecule has 0 bridgehead atoms. The lowest BCUT2D eigenvalue weighted by Crippen LogP contribution is -2.30. The number of benzene rings is 1. The fraction of sp³-hybridized carbons (Fsp3) is 0.700. The van der Waals surface area contributed by atoms with Crippen LogP contribution in [0, 0.1) is 5.92 Å². The zero-order chi connectivity index (χ0) is 14.1. The second-order valence-corrected chi connectivity index (χ2v) is 7.63. The molecule has 3 aliphatic carbocycles. The summed E-state index contributed by atoms with van der Waals surface area (Å²) in [5.74, 6) is 2.55. The van der Waals surface area contributed by atoms with Crippen LogP contribution in [0.2, 0.25) is 0 Å². The molecule has 0 aliphatic heterocycles. The highest BCUT2D eigenvalue weighted by atomic mass is 14.9. The first-order valence-corrected chi connectivity index (χ1v) is 9.23. The number of hydrogen-bond acceptors (Lipinski definition) is 1. The Morgan fingerprint density at radius 3 is 2.14 bits per heavy atom. The minimum Gasteiger partial charge on any atom is -0.314 e. The molecule has 2 unspecified atom stereocenters. The van der Waals surface area contributed by atoms with Crippen LogP contribution in [0.4, 0.5) is 0 Å². The summed E-state index contributed by atoms with van der Waals surface area (Å²) in [4.78, 5) is 0. The summed E-state index contributed by atoms with van der Waals surface area (Å²) in [6, 6.07) is 10.6. The van der Waals surface area contributed by atoms with Crippen LogP contribution in [0.25, 0.3) is 0 Å². The Balaban J connectivity index is 1.43. The van der Waals surface area contributed by atoms with Gasteiger partial charge in [0.05, 0.1) is 0 Å². The van der Waals surface area contributed by atoms with Gasteiger partial charge in [-0.2, -0.15) is 0 Å². The lowest BCUT2D eigenvalue weighted by molar-refractivity contribution is 0.295. The molecule has 114 valence electrons. The second-order valence-electron chi connectivity index (χ2n) is 7.63. The maximum absolute atomic E-state index is 3.77. The van der Waals surface area contributed by atoms with Crippen molar-refractivity contribution in [1.29, 1.82) is 0 Å². The molecule has 21 heavy (non-hydrogen) atoms. The lowest BCUT2D eigenvalue weighted by Gasteiger charge is -2.33. The molecule has 0 heterocycles. The smallest absolute Gasteiger partial charge is 0.00683 e. The van der Waals surface area contributed by atoms with E-state index in [1.54, 1.807) is 11.1 Å². The van der Waals surface area contributed by atoms with Crippen LogP contribution in [-0.2, 0) is 0 Å². The highest BCUT2D eigenvalue weighted by Gasteiger charge is 2.29. The van der Waals surface area contributed by atoms with Gasteiger partial charge >= 0.3 is 0 Å². The van der Waals surface area contributed by atoms with Gasteiger partial charge in [0.1, 0.15) is 0 Å². The summed E-state index contributed by atoms with van der Waals surface area (Å²) < 4.78 is 0. The van der Waals surface area contributed by atoms with Crippen molar-refractivity contribution in [3.63, 3.8) is 0 Å². The third kappa shape index (κ3) is 3.18. The quantitative estimate of drug-likeness (QED) is 0.803. The second kappa shape index (κ2) is 6.12. The van der Waals surface area contributed by atoms with Crippen LogP contribution < -0.4 is 5.32 Å². The third-order valence-corrected chi connectivity index (χ3v) is 6.10. The average molecular weight is 283 g/mol. The normalized spacial score (nSPS) is 30.1. The summed E-state index contributed by atoms with van der Waals surface area (Å²) in [7, 11) is 0. The Bertz CT molecular complexity index is 455. The average Bonchev–Trinajstić information content (AvgIpc) is 3.29. The van der Waals surface area contributed by atoms with Gasteiger partial charge < -0.3 is 5.32 Å². The van der Waals surface area contributed by atoms with Crippen molar-refractivity contribution in [2.24, 2.45) is 5.92 Å². The molecule has 0 radical (unpaired) electrons. The summed E-state index contributed by atoms with van der Waals surface area (Å²) in [6.45, 7) is 1.25. The predicted octanol–water partition coefficient (Wildman–Crippen LogP) is 4.98. The molecule has 3 saturated carbocycles. The van der Waals surface area contributed by atoms with E-state index in [4.69, 9.17) is 0 Å². The molecule has 1 nitrogen and oxygen atoms in total. The Hall–Kier alpha value is -0.820. The van der Waals surface area contributed by atoms with Crippen LogP contribution in [-0.4, -0.2) is 12.6 Å². The van der Waals surface area contributed by atoms with E-state index < -0.39 is 0 Å². The lowest BCUT2D eigenvalue weighted by atomic mass is 9.74. The van der Waals surface area contributed by atoms with Crippen molar-refractivity contribution in [1.82, 2.24) is 5.32 Å². The van der Waals surface area contributed by atoms with Crippen LogP contribution in [0.3, 0.4) is 0 Å². The zero-order valence-electron chi connectivity index (χ0n) is 13.2. The van der Waals surface area contributed by atoms with Gasteiger partial charge in [0.2, 0.25) is 0 Å². The molecule has 0 amide bonds. The Morgan fingerprint density at radius 2 is 1.48 bits per heavy atom. The maximum Gasteiger partial charge on any atom is 0.00683 e. The molecule has 0 spiro atoms. The predicted molar refractivity (Wildman–Crippen MR) is 88.8 cm³/mol. The van der Waals surface area contributed by atoms with Gasteiger partial charge in [-0.05, 0) is 74.0 Å². The zero-order valence-corrected chi connectivity index (χ0v) is 13.2. The van der Waals surface area contributed by atoms with Crippen LogP contribution >= 0.6 is 0 Å². The SMILES string of the molecule is c1cc(C2CCCCC2CNC2CC2)ccc1C1CCC1. The summed E-state index contributed by atoms with van der Waals surface area (Å²) in [5.41, 5.74) is 3.20.